The highest BCUT2D eigenvalue weighted by Gasteiger charge is 2.05. The molecule has 0 heterocycles. The van der Waals surface area contributed by atoms with Gasteiger partial charge in [-0.05, 0) is 49.7 Å². The maximum absolute atomic E-state index is 11.9. The van der Waals surface area contributed by atoms with Gasteiger partial charge in [0.2, 0.25) is 5.91 Å². The number of amides is 1. The van der Waals surface area contributed by atoms with Crippen LogP contribution in [0.3, 0.4) is 0 Å². The Morgan fingerprint density at radius 2 is 1.86 bits per heavy atom. The Bertz CT molecular complexity index is 714. The molecular weight excluding hydrogens is 344 g/mol. The van der Waals surface area contributed by atoms with Gasteiger partial charge in [-0.3, -0.25) is 9.59 Å². The molecule has 0 aromatic heterocycles. The van der Waals surface area contributed by atoms with Crippen LogP contribution < -0.4 is 10.6 Å². The molecule has 5 heteroatoms. The largest absolute Gasteiger partial charge is 0.376 e. The van der Waals surface area contributed by atoms with Gasteiger partial charge in [0.05, 0.1) is 6.54 Å². The summed E-state index contributed by atoms with van der Waals surface area (Å²) in [5.74, 6) is -0.145. The molecule has 0 atom stereocenters. The van der Waals surface area contributed by atoms with Gasteiger partial charge < -0.3 is 10.6 Å². The second kappa shape index (κ2) is 7.22. The van der Waals surface area contributed by atoms with Crippen molar-refractivity contribution in [2.75, 3.05) is 17.2 Å². The summed E-state index contributed by atoms with van der Waals surface area (Å²) in [6.07, 6.45) is 0. The fourth-order valence-corrected chi connectivity index (χ4v) is 2.20. The minimum absolute atomic E-state index is 0.00145. The van der Waals surface area contributed by atoms with Crippen molar-refractivity contribution in [1.29, 1.82) is 0 Å². The van der Waals surface area contributed by atoms with Crippen molar-refractivity contribution in [3.63, 3.8) is 0 Å². The van der Waals surface area contributed by atoms with Crippen molar-refractivity contribution in [3.05, 3.63) is 58.1 Å². The highest BCUT2D eigenvalue weighted by Crippen LogP contribution is 2.20. The van der Waals surface area contributed by atoms with Crippen LogP contribution >= 0.6 is 15.9 Å². The number of hydrogen-bond donors (Lipinski definition) is 2. The summed E-state index contributed by atoms with van der Waals surface area (Å²) in [7, 11) is 0. The Hall–Kier alpha value is -2.14. The third-order valence-corrected chi connectivity index (χ3v) is 4.05. The highest BCUT2D eigenvalue weighted by atomic mass is 79.9. The van der Waals surface area contributed by atoms with Gasteiger partial charge in [0.25, 0.3) is 0 Å². The first kappa shape index (κ1) is 16.2. The van der Waals surface area contributed by atoms with Crippen molar-refractivity contribution in [1.82, 2.24) is 0 Å². The lowest BCUT2D eigenvalue weighted by atomic mass is 10.1. The zero-order valence-corrected chi connectivity index (χ0v) is 14.0. The first-order valence-electron chi connectivity index (χ1n) is 6.86. The number of anilines is 2. The molecule has 0 bridgehead atoms. The van der Waals surface area contributed by atoms with E-state index in [1.807, 2.05) is 31.2 Å². The number of carbonyl (C=O) groups is 2. The van der Waals surface area contributed by atoms with Crippen LogP contribution in [0.4, 0.5) is 11.4 Å². The van der Waals surface area contributed by atoms with Gasteiger partial charge in [-0.25, -0.2) is 0 Å². The van der Waals surface area contributed by atoms with E-state index in [0.717, 1.165) is 21.4 Å². The smallest absolute Gasteiger partial charge is 0.243 e. The van der Waals surface area contributed by atoms with E-state index in [1.165, 1.54) is 6.92 Å². The average molecular weight is 361 g/mol. The lowest BCUT2D eigenvalue weighted by Crippen LogP contribution is -2.21. The number of benzene rings is 2. The molecule has 0 unspecified atom stereocenters. The molecule has 22 heavy (non-hydrogen) atoms. The summed E-state index contributed by atoms with van der Waals surface area (Å²) in [5.41, 5.74) is 3.17. The molecule has 0 aliphatic heterocycles. The van der Waals surface area contributed by atoms with Gasteiger partial charge in [0, 0.05) is 21.4 Å². The molecule has 114 valence electrons. The van der Waals surface area contributed by atoms with Crippen LogP contribution in [0.25, 0.3) is 0 Å². The van der Waals surface area contributed by atoms with Crippen LogP contribution in [0.15, 0.2) is 46.9 Å². The summed E-state index contributed by atoms with van der Waals surface area (Å²) in [5, 5.41) is 5.84. The fourth-order valence-electron chi connectivity index (χ4n) is 1.96. The predicted octanol–water partition coefficient (Wildman–Crippen LogP) is 4.01. The lowest BCUT2D eigenvalue weighted by Gasteiger charge is -2.09. The number of carbonyl (C=O) groups excluding carboxylic acids is 2. The molecule has 0 saturated carbocycles. The monoisotopic (exact) mass is 360 g/mol. The molecule has 2 aromatic rings. The fraction of sp³-hybridized carbons (Fsp3) is 0.176. The van der Waals surface area contributed by atoms with E-state index in [2.05, 4.69) is 26.6 Å². The summed E-state index contributed by atoms with van der Waals surface area (Å²) < 4.78 is 1.00. The number of ketones is 1. The summed E-state index contributed by atoms with van der Waals surface area (Å²) >= 11 is 3.42. The molecule has 0 spiro atoms. The Morgan fingerprint density at radius 1 is 1.09 bits per heavy atom. The highest BCUT2D eigenvalue weighted by molar-refractivity contribution is 9.10. The van der Waals surface area contributed by atoms with Crippen molar-refractivity contribution >= 4 is 39.0 Å². The van der Waals surface area contributed by atoms with E-state index >= 15 is 0 Å². The van der Waals surface area contributed by atoms with Crippen molar-refractivity contribution in [2.45, 2.75) is 13.8 Å². The van der Waals surface area contributed by atoms with Gasteiger partial charge in [-0.15, -0.1) is 0 Å². The Balaban J connectivity index is 1.94. The SMILES string of the molecule is CC(=O)c1cccc(NCC(=O)Nc2ccc(Br)c(C)c2)c1. The van der Waals surface area contributed by atoms with E-state index in [0.29, 0.717) is 5.56 Å². The van der Waals surface area contributed by atoms with Gasteiger partial charge >= 0.3 is 0 Å². The first-order chi connectivity index (χ1) is 10.5. The van der Waals surface area contributed by atoms with E-state index in [-0.39, 0.29) is 18.2 Å². The third-order valence-electron chi connectivity index (χ3n) is 3.16. The molecule has 0 aliphatic carbocycles. The molecular formula is C17H17BrN2O2. The van der Waals surface area contributed by atoms with Crippen molar-refractivity contribution < 1.29 is 9.59 Å². The molecule has 4 nitrogen and oxygen atoms in total. The molecule has 0 saturated heterocycles. The predicted molar refractivity (Wildman–Crippen MR) is 92.4 cm³/mol. The lowest BCUT2D eigenvalue weighted by molar-refractivity contribution is -0.114. The minimum atomic E-state index is -0.144. The Kier molecular flexibility index (Phi) is 5.33. The number of nitrogens with one attached hydrogen (secondary N) is 2. The van der Waals surface area contributed by atoms with Crippen LogP contribution in [0, 0.1) is 6.92 Å². The van der Waals surface area contributed by atoms with Crippen LogP contribution in [-0.2, 0) is 4.79 Å². The molecule has 0 aliphatic rings. The van der Waals surface area contributed by atoms with Gasteiger partial charge in [-0.1, -0.05) is 28.1 Å². The summed E-state index contributed by atoms with van der Waals surface area (Å²) in [6.45, 7) is 3.61. The van der Waals surface area contributed by atoms with Crippen LogP contribution in [0.1, 0.15) is 22.8 Å². The second-order valence-electron chi connectivity index (χ2n) is 5.00. The van der Waals surface area contributed by atoms with Gasteiger partial charge in [-0.2, -0.15) is 0 Å². The van der Waals surface area contributed by atoms with E-state index in [4.69, 9.17) is 0 Å². The van der Waals surface area contributed by atoms with Crippen molar-refractivity contribution in [2.24, 2.45) is 0 Å². The molecule has 0 fully saturated rings. The molecule has 2 aromatic carbocycles. The number of halogens is 1. The molecule has 2 rings (SSSR count). The minimum Gasteiger partial charge on any atom is -0.376 e. The maximum Gasteiger partial charge on any atom is 0.243 e. The quantitative estimate of drug-likeness (QED) is 0.792. The average Bonchev–Trinajstić information content (AvgIpc) is 2.49. The Labute approximate surface area is 138 Å². The van der Waals surface area contributed by atoms with E-state index in [1.54, 1.807) is 18.2 Å². The standard InChI is InChI=1S/C17H17BrN2O2/c1-11-8-15(6-7-16(11)18)20-17(22)10-19-14-5-3-4-13(9-14)12(2)21/h3-9,19H,10H2,1-2H3,(H,20,22). The topological polar surface area (TPSA) is 58.2 Å². The molecule has 0 radical (unpaired) electrons. The second-order valence-corrected chi connectivity index (χ2v) is 5.86. The zero-order chi connectivity index (χ0) is 16.1. The number of Topliss-reactive ketones (excluding diaryl/α,β-unsaturated/α-hetero) is 1. The summed E-state index contributed by atoms with van der Waals surface area (Å²) in [6, 6.07) is 12.7. The zero-order valence-electron chi connectivity index (χ0n) is 12.4. The van der Waals surface area contributed by atoms with Crippen molar-refractivity contribution in [3.8, 4) is 0 Å². The normalized spacial score (nSPS) is 10.1. The summed E-state index contributed by atoms with van der Waals surface area (Å²) in [4.78, 5) is 23.3. The van der Waals surface area contributed by atoms with E-state index < -0.39 is 0 Å². The number of rotatable bonds is 5. The van der Waals surface area contributed by atoms with Gasteiger partial charge in [0.15, 0.2) is 5.78 Å². The third kappa shape index (κ3) is 4.43. The number of hydrogen-bond acceptors (Lipinski definition) is 3. The van der Waals surface area contributed by atoms with Gasteiger partial charge in [0.1, 0.15) is 0 Å². The van der Waals surface area contributed by atoms with Crippen LogP contribution in [0.2, 0.25) is 0 Å². The van der Waals surface area contributed by atoms with E-state index in [9.17, 15) is 9.59 Å². The molecule has 2 N–H and O–H groups in total. The first-order valence-corrected chi connectivity index (χ1v) is 7.66. The van der Waals surface area contributed by atoms with Crippen LogP contribution in [-0.4, -0.2) is 18.2 Å². The number of aryl methyl sites for hydroxylation is 1. The maximum atomic E-state index is 11.9. The van der Waals surface area contributed by atoms with Crippen LogP contribution in [0.5, 0.6) is 0 Å². The molecule has 1 amide bonds. The Morgan fingerprint density at radius 3 is 2.55 bits per heavy atom.